The van der Waals surface area contributed by atoms with Crippen molar-refractivity contribution in [2.24, 2.45) is 0 Å². The van der Waals surface area contributed by atoms with E-state index < -0.39 is 18.0 Å². The number of ketones is 1. The van der Waals surface area contributed by atoms with Crippen LogP contribution in [-0.2, 0) is 14.3 Å². The predicted molar refractivity (Wildman–Crippen MR) is 98.3 cm³/mol. The first-order chi connectivity index (χ1) is 12.0. The van der Waals surface area contributed by atoms with Crippen LogP contribution in [-0.4, -0.2) is 23.8 Å². The van der Waals surface area contributed by atoms with Crippen molar-refractivity contribution in [3.05, 3.63) is 64.6 Å². The summed E-state index contributed by atoms with van der Waals surface area (Å²) < 4.78 is 5.96. The fourth-order valence-electron chi connectivity index (χ4n) is 2.07. The molecule has 1 atom stereocenters. The fourth-order valence-corrected chi connectivity index (χ4v) is 2.34. The van der Waals surface area contributed by atoms with Gasteiger partial charge in [-0.1, -0.05) is 46.3 Å². The first kappa shape index (κ1) is 18.9. The van der Waals surface area contributed by atoms with Crippen LogP contribution in [0, 0.1) is 0 Å². The minimum absolute atomic E-state index is 0.0352. The third-order valence-electron chi connectivity index (χ3n) is 3.44. The molecule has 0 heterocycles. The standard InChI is InChI=1S/C19H18BrNO4/c1-13(19(24)21-16-5-3-2-4-6-16)25-18(23)12-11-17(22)14-7-9-15(20)10-8-14/h2-10,13H,11-12H2,1H3,(H,21,24)/t13-/m1/s1. The number of anilines is 1. The zero-order valence-corrected chi connectivity index (χ0v) is 15.3. The molecular formula is C19H18BrNO4. The van der Waals surface area contributed by atoms with Gasteiger partial charge in [0.2, 0.25) is 0 Å². The number of benzene rings is 2. The van der Waals surface area contributed by atoms with Crippen LogP contribution >= 0.6 is 15.9 Å². The van der Waals surface area contributed by atoms with Gasteiger partial charge in [-0.05, 0) is 31.2 Å². The fraction of sp³-hybridized carbons (Fsp3) is 0.211. The lowest BCUT2D eigenvalue weighted by atomic mass is 10.1. The minimum atomic E-state index is -0.935. The average molecular weight is 404 g/mol. The summed E-state index contributed by atoms with van der Waals surface area (Å²) in [6.45, 7) is 1.49. The van der Waals surface area contributed by atoms with E-state index in [1.165, 1.54) is 6.92 Å². The molecular weight excluding hydrogens is 386 g/mol. The van der Waals surface area contributed by atoms with Crippen LogP contribution < -0.4 is 5.32 Å². The molecule has 0 aromatic heterocycles. The molecule has 0 aliphatic heterocycles. The Morgan fingerprint density at radius 2 is 1.64 bits per heavy atom. The maximum atomic E-state index is 12.0. The molecule has 2 aromatic carbocycles. The molecule has 0 aliphatic carbocycles. The van der Waals surface area contributed by atoms with Gasteiger partial charge in [0.05, 0.1) is 6.42 Å². The molecule has 25 heavy (non-hydrogen) atoms. The number of para-hydroxylation sites is 1. The van der Waals surface area contributed by atoms with Crippen molar-refractivity contribution >= 4 is 39.3 Å². The largest absolute Gasteiger partial charge is 0.453 e. The lowest BCUT2D eigenvalue weighted by molar-refractivity contribution is -0.153. The molecule has 0 saturated heterocycles. The van der Waals surface area contributed by atoms with Crippen molar-refractivity contribution in [1.82, 2.24) is 0 Å². The molecule has 0 aliphatic rings. The van der Waals surface area contributed by atoms with Crippen LogP contribution in [0.3, 0.4) is 0 Å². The van der Waals surface area contributed by atoms with E-state index in [1.807, 2.05) is 6.07 Å². The van der Waals surface area contributed by atoms with E-state index in [2.05, 4.69) is 21.2 Å². The highest BCUT2D eigenvalue weighted by molar-refractivity contribution is 9.10. The second kappa shape index (κ2) is 9.13. The molecule has 0 saturated carbocycles. The van der Waals surface area contributed by atoms with Gasteiger partial charge in [-0.15, -0.1) is 0 Å². The van der Waals surface area contributed by atoms with Crippen LogP contribution in [0.2, 0.25) is 0 Å². The van der Waals surface area contributed by atoms with E-state index in [0.717, 1.165) is 4.47 Å². The molecule has 5 nitrogen and oxygen atoms in total. The quantitative estimate of drug-likeness (QED) is 0.560. The molecule has 0 fully saturated rings. The minimum Gasteiger partial charge on any atom is -0.453 e. The molecule has 0 radical (unpaired) electrons. The second-order valence-electron chi connectivity index (χ2n) is 5.42. The Morgan fingerprint density at radius 3 is 2.28 bits per heavy atom. The van der Waals surface area contributed by atoms with E-state index in [9.17, 15) is 14.4 Å². The summed E-state index contributed by atoms with van der Waals surface area (Å²) in [5.74, 6) is -1.15. The predicted octanol–water partition coefficient (Wildman–Crippen LogP) is 3.98. The van der Waals surface area contributed by atoms with Crippen molar-refractivity contribution in [2.75, 3.05) is 5.32 Å². The smallest absolute Gasteiger partial charge is 0.307 e. The number of halogens is 1. The number of Topliss-reactive ketones (excluding diaryl/α,β-unsaturated/α-hetero) is 1. The summed E-state index contributed by atoms with van der Waals surface area (Å²) >= 11 is 3.30. The summed E-state index contributed by atoms with van der Waals surface area (Å²) in [6.07, 6.45) is -0.971. The van der Waals surface area contributed by atoms with Gasteiger partial charge in [0.25, 0.3) is 5.91 Å². The van der Waals surface area contributed by atoms with Crippen molar-refractivity contribution in [3.63, 3.8) is 0 Å². The number of hydrogen-bond acceptors (Lipinski definition) is 4. The van der Waals surface area contributed by atoms with Crippen molar-refractivity contribution in [2.45, 2.75) is 25.9 Å². The number of carbonyl (C=O) groups excluding carboxylic acids is 3. The van der Waals surface area contributed by atoms with Gasteiger partial charge in [0.15, 0.2) is 11.9 Å². The third kappa shape index (κ3) is 6.15. The molecule has 130 valence electrons. The summed E-state index contributed by atoms with van der Waals surface area (Å²) in [7, 11) is 0. The maximum absolute atomic E-state index is 12.0. The van der Waals surface area contributed by atoms with Crippen LogP contribution in [0.15, 0.2) is 59.1 Å². The van der Waals surface area contributed by atoms with Crippen LogP contribution in [0.5, 0.6) is 0 Å². The van der Waals surface area contributed by atoms with Crippen LogP contribution in [0.1, 0.15) is 30.1 Å². The topological polar surface area (TPSA) is 72.5 Å². The number of rotatable bonds is 7. The average Bonchev–Trinajstić information content (AvgIpc) is 2.61. The lowest BCUT2D eigenvalue weighted by Gasteiger charge is -2.13. The Hall–Kier alpha value is -2.47. The Bertz CT molecular complexity index is 744. The van der Waals surface area contributed by atoms with Gasteiger partial charge in [-0.25, -0.2) is 0 Å². The number of nitrogens with one attached hydrogen (secondary N) is 1. The molecule has 2 rings (SSSR count). The Kier molecular flexibility index (Phi) is 6.89. The lowest BCUT2D eigenvalue weighted by Crippen LogP contribution is -2.30. The Morgan fingerprint density at radius 1 is 1.00 bits per heavy atom. The van der Waals surface area contributed by atoms with Crippen LogP contribution in [0.4, 0.5) is 5.69 Å². The van der Waals surface area contributed by atoms with Gasteiger partial charge in [0.1, 0.15) is 0 Å². The molecule has 6 heteroatoms. The zero-order valence-electron chi connectivity index (χ0n) is 13.7. The zero-order chi connectivity index (χ0) is 18.2. The van der Waals surface area contributed by atoms with Crippen LogP contribution in [0.25, 0.3) is 0 Å². The molecule has 1 N–H and O–H groups in total. The normalized spacial score (nSPS) is 11.4. The molecule has 1 amide bonds. The van der Waals surface area contributed by atoms with E-state index in [1.54, 1.807) is 48.5 Å². The van der Waals surface area contributed by atoms with E-state index in [-0.39, 0.29) is 18.6 Å². The number of hydrogen-bond donors (Lipinski definition) is 1. The van der Waals surface area contributed by atoms with Crippen molar-refractivity contribution in [3.8, 4) is 0 Å². The molecule has 0 bridgehead atoms. The number of amides is 1. The molecule has 0 unspecified atom stereocenters. The maximum Gasteiger partial charge on any atom is 0.307 e. The number of carbonyl (C=O) groups is 3. The van der Waals surface area contributed by atoms with Gasteiger partial charge in [-0.3, -0.25) is 14.4 Å². The SMILES string of the molecule is C[C@@H](OC(=O)CCC(=O)c1ccc(Br)cc1)C(=O)Nc1ccccc1. The van der Waals surface area contributed by atoms with Gasteiger partial charge >= 0.3 is 5.97 Å². The highest BCUT2D eigenvalue weighted by Gasteiger charge is 2.18. The van der Waals surface area contributed by atoms with Gasteiger partial charge in [0, 0.05) is 22.1 Å². The molecule has 2 aromatic rings. The van der Waals surface area contributed by atoms with E-state index in [4.69, 9.17) is 4.74 Å². The second-order valence-corrected chi connectivity index (χ2v) is 6.33. The summed E-state index contributed by atoms with van der Waals surface area (Å²) in [5.41, 5.74) is 1.16. The van der Waals surface area contributed by atoms with E-state index in [0.29, 0.717) is 11.3 Å². The number of esters is 1. The highest BCUT2D eigenvalue weighted by atomic mass is 79.9. The molecule has 0 spiro atoms. The van der Waals surface area contributed by atoms with E-state index >= 15 is 0 Å². The van der Waals surface area contributed by atoms with Crippen molar-refractivity contribution < 1.29 is 19.1 Å². The first-order valence-corrected chi connectivity index (χ1v) is 8.59. The third-order valence-corrected chi connectivity index (χ3v) is 3.97. The van der Waals surface area contributed by atoms with Gasteiger partial charge in [-0.2, -0.15) is 0 Å². The summed E-state index contributed by atoms with van der Waals surface area (Å²) in [4.78, 5) is 35.8. The number of ether oxygens (including phenoxy) is 1. The Labute approximate surface area is 154 Å². The van der Waals surface area contributed by atoms with Gasteiger partial charge < -0.3 is 10.1 Å². The highest BCUT2D eigenvalue weighted by Crippen LogP contribution is 2.13. The first-order valence-electron chi connectivity index (χ1n) is 7.80. The van der Waals surface area contributed by atoms with Crippen molar-refractivity contribution in [1.29, 1.82) is 0 Å². The monoisotopic (exact) mass is 403 g/mol. The summed E-state index contributed by atoms with van der Waals surface area (Å²) in [6, 6.07) is 15.8. The Balaban J connectivity index is 1.78. The summed E-state index contributed by atoms with van der Waals surface area (Å²) in [5, 5.41) is 2.66.